The monoisotopic (exact) mass is 290 g/mol. The molecule has 0 saturated heterocycles. The Hall–Kier alpha value is -1.22. The molecule has 4 heteroatoms. The molecule has 20 heavy (non-hydrogen) atoms. The Morgan fingerprint density at radius 2 is 1.80 bits per heavy atom. The van der Waals surface area contributed by atoms with E-state index in [2.05, 4.69) is 12.1 Å². The standard InChI is InChI=1S/C16H19ClN2O/c1-18-12-7-6-9(8-13(12)19(2)16(18)20)15(17)14-10-4-3-5-11(10)14/h6-8,10-11,14-15H,3-5H2,1-2H3. The van der Waals surface area contributed by atoms with E-state index in [4.69, 9.17) is 11.6 Å². The lowest BCUT2D eigenvalue weighted by Crippen LogP contribution is -2.19. The number of hydrogen-bond acceptors (Lipinski definition) is 1. The molecule has 2 aromatic rings. The van der Waals surface area contributed by atoms with Gasteiger partial charge in [0.2, 0.25) is 0 Å². The fraction of sp³-hybridized carbons (Fsp3) is 0.562. The quantitative estimate of drug-likeness (QED) is 0.780. The summed E-state index contributed by atoms with van der Waals surface area (Å²) in [6.45, 7) is 0. The third-order valence-electron chi connectivity index (χ3n) is 5.43. The van der Waals surface area contributed by atoms with Gasteiger partial charge in [-0.2, -0.15) is 0 Å². The van der Waals surface area contributed by atoms with E-state index in [9.17, 15) is 4.79 Å². The van der Waals surface area contributed by atoms with Crippen molar-refractivity contribution in [1.82, 2.24) is 9.13 Å². The van der Waals surface area contributed by atoms with Crippen LogP contribution in [0.1, 0.15) is 30.2 Å². The number of benzene rings is 1. The van der Waals surface area contributed by atoms with Crippen molar-refractivity contribution in [3.63, 3.8) is 0 Å². The normalized spacial score (nSPS) is 29.6. The number of halogens is 1. The van der Waals surface area contributed by atoms with E-state index < -0.39 is 0 Å². The predicted molar refractivity (Wildman–Crippen MR) is 81.1 cm³/mol. The zero-order chi connectivity index (χ0) is 14.0. The van der Waals surface area contributed by atoms with Crippen molar-refractivity contribution in [2.24, 2.45) is 31.8 Å². The van der Waals surface area contributed by atoms with Crippen LogP contribution in [-0.4, -0.2) is 9.13 Å². The summed E-state index contributed by atoms with van der Waals surface area (Å²) in [5.41, 5.74) is 3.14. The lowest BCUT2D eigenvalue weighted by atomic mass is 10.0. The smallest absolute Gasteiger partial charge is 0.295 e. The molecule has 1 heterocycles. The summed E-state index contributed by atoms with van der Waals surface area (Å²) in [6, 6.07) is 6.22. The molecular weight excluding hydrogens is 272 g/mol. The van der Waals surface area contributed by atoms with Crippen LogP contribution in [0.15, 0.2) is 23.0 Å². The fourth-order valence-corrected chi connectivity index (χ4v) is 4.74. The van der Waals surface area contributed by atoms with Crippen molar-refractivity contribution >= 4 is 22.6 Å². The maximum atomic E-state index is 12.0. The van der Waals surface area contributed by atoms with E-state index in [1.165, 1.54) is 24.8 Å². The molecule has 0 bridgehead atoms. The van der Waals surface area contributed by atoms with E-state index >= 15 is 0 Å². The van der Waals surface area contributed by atoms with Crippen LogP contribution in [0.5, 0.6) is 0 Å². The molecule has 2 aliphatic rings. The van der Waals surface area contributed by atoms with Gasteiger partial charge in [0.15, 0.2) is 0 Å². The van der Waals surface area contributed by atoms with E-state index in [-0.39, 0.29) is 11.1 Å². The fourth-order valence-electron chi connectivity index (χ4n) is 4.23. The Kier molecular flexibility index (Phi) is 2.59. The minimum absolute atomic E-state index is 0.0200. The number of alkyl halides is 1. The summed E-state index contributed by atoms with van der Waals surface area (Å²) in [4.78, 5) is 12.0. The van der Waals surface area contributed by atoms with Crippen molar-refractivity contribution in [2.75, 3.05) is 0 Å². The van der Waals surface area contributed by atoms with Gasteiger partial charge in [-0.25, -0.2) is 4.79 Å². The molecule has 2 fully saturated rings. The second-order valence-corrected chi connectivity index (χ2v) is 6.86. The van der Waals surface area contributed by atoms with Gasteiger partial charge in [-0.1, -0.05) is 12.5 Å². The van der Waals surface area contributed by atoms with E-state index in [0.717, 1.165) is 22.9 Å². The van der Waals surface area contributed by atoms with Gasteiger partial charge in [-0.15, -0.1) is 11.6 Å². The molecule has 0 amide bonds. The number of fused-ring (bicyclic) bond motifs is 2. The molecule has 0 radical (unpaired) electrons. The summed E-state index contributed by atoms with van der Waals surface area (Å²) in [5, 5.41) is 0.102. The molecule has 3 nitrogen and oxygen atoms in total. The highest BCUT2D eigenvalue weighted by Crippen LogP contribution is 2.63. The van der Waals surface area contributed by atoms with Gasteiger partial charge in [-0.3, -0.25) is 9.13 Å². The molecule has 2 saturated carbocycles. The Balaban J connectivity index is 1.74. The maximum Gasteiger partial charge on any atom is 0.328 e. The molecule has 0 spiro atoms. The number of aromatic nitrogens is 2. The van der Waals surface area contributed by atoms with Crippen LogP contribution < -0.4 is 5.69 Å². The Bertz CT molecular complexity index is 735. The summed E-state index contributed by atoms with van der Waals surface area (Å²) in [5.74, 6) is 2.36. The van der Waals surface area contributed by atoms with Gasteiger partial charge < -0.3 is 0 Å². The Labute approximate surface area is 123 Å². The number of nitrogens with zero attached hydrogens (tertiary/aromatic N) is 2. The third kappa shape index (κ3) is 1.56. The number of rotatable bonds is 2. The Morgan fingerprint density at radius 3 is 2.50 bits per heavy atom. The summed E-state index contributed by atoms with van der Waals surface area (Å²) >= 11 is 6.71. The minimum Gasteiger partial charge on any atom is -0.295 e. The molecule has 1 aromatic carbocycles. The van der Waals surface area contributed by atoms with Crippen LogP contribution in [-0.2, 0) is 14.1 Å². The largest absolute Gasteiger partial charge is 0.328 e. The van der Waals surface area contributed by atoms with E-state index in [0.29, 0.717) is 5.92 Å². The summed E-state index contributed by atoms with van der Waals surface area (Å²) in [6.07, 6.45) is 4.08. The number of hydrogen-bond donors (Lipinski definition) is 0. The van der Waals surface area contributed by atoms with Crippen LogP contribution >= 0.6 is 11.6 Å². The highest BCUT2D eigenvalue weighted by atomic mass is 35.5. The molecule has 4 rings (SSSR count). The van der Waals surface area contributed by atoms with Crippen molar-refractivity contribution in [1.29, 1.82) is 0 Å². The van der Waals surface area contributed by atoms with Gasteiger partial charge in [-0.05, 0) is 48.3 Å². The molecular formula is C16H19ClN2O. The van der Waals surface area contributed by atoms with Crippen molar-refractivity contribution < 1.29 is 0 Å². The predicted octanol–water partition coefficient (Wildman–Crippen LogP) is 3.20. The highest BCUT2D eigenvalue weighted by Gasteiger charge is 2.55. The van der Waals surface area contributed by atoms with Gasteiger partial charge >= 0.3 is 5.69 Å². The first-order chi connectivity index (χ1) is 9.59. The zero-order valence-electron chi connectivity index (χ0n) is 11.8. The molecule has 2 aliphatic carbocycles. The maximum absolute atomic E-state index is 12.0. The van der Waals surface area contributed by atoms with Crippen LogP contribution in [0.2, 0.25) is 0 Å². The average molecular weight is 291 g/mol. The van der Waals surface area contributed by atoms with Gasteiger partial charge in [0.05, 0.1) is 16.4 Å². The van der Waals surface area contributed by atoms with E-state index in [1.807, 2.05) is 20.2 Å². The molecule has 1 aromatic heterocycles. The lowest BCUT2D eigenvalue weighted by molar-refractivity contribution is 0.574. The van der Waals surface area contributed by atoms with Gasteiger partial charge in [0.1, 0.15) is 0 Å². The second-order valence-electron chi connectivity index (χ2n) is 6.39. The second kappa shape index (κ2) is 4.14. The molecule has 3 unspecified atom stereocenters. The van der Waals surface area contributed by atoms with Gasteiger partial charge in [0.25, 0.3) is 0 Å². The van der Waals surface area contributed by atoms with Crippen LogP contribution in [0.25, 0.3) is 11.0 Å². The van der Waals surface area contributed by atoms with Crippen LogP contribution in [0, 0.1) is 17.8 Å². The molecule has 0 aliphatic heterocycles. The number of aryl methyl sites for hydroxylation is 2. The SMILES string of the molecule is Cn1c(=O)n(C)c2cc(C(Cl)C3C4CCCC43)ccc21. The first-order valence-corrected chi connectivity index (χ1v) is 7.82. The van der Waals surface area contributed by atoms with Crippen molar-refractivity contribution in [2.45, 2.75) is 24.6 Å². The first-order valence-electron chi connectivity index (χ1n) is 7.39. The first kappa shape index (κ1) is 12.5. The lowest BCUT2D eigenvalue weighted by Gasteiger charge is -2.12. The molecule has 3 atom stereocenters. The molecule has 0 N–H and O–H groups in total. The van der Waals surface area contributed by atoms with Crippen LogP contribution in [0.3, 0.4) is 0 Å². The average Bonchev–Trinajstić information content (AvgIpc) is 2.85. The summed E-state index contributed by atoms with van der Waals surface area (Å²) < 4.78 is 3.39. The van der Waals surface area contributed by atoms with Crippen LogP contribution in [0.4, 0.5) is 0 Å². The third-order valence-corrected chi connectivity index (χ3v) is 5.97. The topological polar surface area (TPSA) is 26.9 Å². The van der Waals surface area contributed by atoms with Crippen molar-refractivity contribution in [3.8, 4) is 0 Å². The Morgan fingerprint density at radius 1 is 1.15 bits per heavy atom. The number of imidazole rings is 1. The van der Waals surface area contributed by atoms with Gasteiger partial charge in [0, 0.05) is 14.1 Å². The van der Waals surface area contributed by atoms with Crippen molar-refractivity contribution in [3.05, 3.63) is 34.2 Å². The van der Waals surface area contributed by atoms with E-state index in [1.54, 1.807) is 9.13 Å². The highest BCUT2D eigenvalue weighted by molar-refractivity contribution is 6.21. The molecule has 106 valence electrons. The summed E-state index contributed by atoms with van der Waals surface area (Å²) in [7, 11) is 3.64. The zero-order valence-corrected chi connectivity index (χ0v) is 12.6. The minimum atomic E-state index is 0.0200.